The van der Waals surface area contributed by atoms with Gasteiger partial charge in [0, 0.05) is 78.7 Å². The molecule has 0 fully saturated rings. The van der Waals surface area contributed by atoms with Crippen LogP contribution in [0.15, 0.2) is 73.8 Å². The molecule has 2 aliphatic rings. The summed E-state index contributed by atoms with van der Waals surface area (Å²) in [4.78, 5) is 22.0. The van der Waals surface area contributed by atoms with Crippen molar-refractivity contribution in [1.82, 2.24) is 56.5 Å². The van der Waals surface area contributed by atoms with Crippen molar-refractivity contribution in [3.05, 3.63) is 96.6 Å². The van der Waals surface area contributed by atoms with Gasteiger partial charge < -0.3 is 9.97 Å². The van der Waals surface area contributed by atoms with Gasteiger partial charge in [-0.3, -0.25) is 36.5 Å². The third-order valence-corrected chi connectivity index (χ3v) is 11.2. The van der Waals surface area contributed by atoms with Gasteiger partial charge >= 0.3 is 17.1 Å². The number of aryl methyl sites for hydroxylation is 8. The molecule has 0 amide bonds. The number of imidazole rings is 4. The molecule has 0 N–H and O–H groups in total. The van der Waals surface area contributed by atoms with Crippen molar-refractivity contribution >= 4 is 46.4 Å². The molecule has 0 saturated heterocycles. The van der Waals surface area contributed by atoms with Crippen molar-refractivity contribution in [3.8, 4) is 45.6 Å². The molecule has 0 aliphatic carbocycles. The van der Waals surface area contributed by atoms with E-state index in [0.29, 0.717) is 0 Å². The smallest absolute Gasteiger partial charge is 0.584 e. The molecule has 7 aromatic heterocycles. The van der Waals surface area contributed by atoms with Crippen molar-refractivity contribution in [3.63, 3.8) is 0 Å². The van der Waals surface area contributed by atoms with Gasteiger partial charge in [0.25, 0.3) is 0 Å². The molecule has 13 heteroatoms. The fourth-order valence-corrected chi connectivity index (χ4v) is 8.40. The van der Waals surface area contributed by atoms with E-state index in [2.05, 4.69) is 191 Å². The van der Waals surface area contributed by atoms with E-state index in [-0.39, 0.29) is 17.1 Å². The molecular weight excluding hydrogens is 752 g/mol. The maximum absolute atomic E-state index is 5.50. The second-order valence-corrected chi connectivity index (χ2v) is 14.4. The topological polar surface area (TPSA) is 93.4 Å². The largest absolute Gasteiger partial charge is 2.00 e. The average molecular weight is 800 g/mol. The second kappa shape index (κ2) is 14.8. The summed E-state index contributed by atoms with van der Waals surface area (Å²) in [5.41, 5.74) is 10.6. The first-order valence-electron chi connectivity index (χ1n) is 19.5. The molecule has 0 atom stereocenters. The maximum atomic E-state index is 5.50. The Hall–Kier alpha value is -6.04. The summed E-state index contributed by atoms with van der Waals surface area (Å²) in [7, 11) is 8.36. The number of hydrogen-bond donors (Lipinski definition) is 0. The van der Waals surface area contributed by atoms with Crippen molar-refractivity contribution in [2.24, 2.45) is 28.2 Å². The van der Waals surface area contributed by atoms with Crippen molar-refractivity contribution in [2.45, 2.75) is 53.9 Å². The van der Waals surface area contributed by atoms with Crippen molar-refractivity contribution < 1.29 is 17.1 Å². The molecule has 57 heavy (non-hydrogen) atoms. The van der Waals surface area contributed by atoms with Crippen molar-refractivity contribution in [2.75, 3.05) is 0 Å². The number of nitrogens with zero attached hydrogens (tertiary/aromatic N) is 12. The summed E-state index contributed by atoms with van der Waals surface area (Å²) in [5.74, 6) is 4.13. The first-order valence-corrected chi connectivity index (χ1v) is 19.5. The Morgan fingerprint density at radius 3 is 0.842 bits per heavy atom. The van der Waals surface area contributed by atoms with Gasteiger partial charge in [-0.25, -0.2) is 0 Å². The van der Waals surface area contributed by atoms with E-state index in [1.807, 2.05) is 0 Å². The van der Waals surface area contributed by atoms with Gasteiger partial charge in [0.05, 0.1) is 0 Å². The predicted molar refractivity (Wildman–Crippen MR) is 227 cm³/mol. The number of aromatic nitrogens is 12. The number of fused-ring (bicyclic) bond motifs is 8. The van der Waals surface area contributed by atoms with E-state index >= 15 is 0 Å². The van der Waals surface area contributed by atoms with Crippen LogP contribution in [-0.4, -0.2) is 46.5 Å². The Bertz CT molecular complexity index is 2540. The maximum Gasteiger partial charge on any atom is 2.00 e. The molecule has 8 bridgehead atoms. The molecule has 7 aromatic rings. The van der Waals surface area contributed by atoms with Gasteiger partial charge in [-0.2, -0.15) is 9.97 Å². The van der Waals surface area contributed by atoms with Crippen molar-refractivity contribution in [1.29, 1.82) is 0 Å². The van der Waals surface area contributed by atoms with Crippen LogP contribution in [0.4, 0.5) is 0 Å². The van der Waals surface area contributed by atoms with E-state index < -0.39 is 0 Å². The predicted octanol–water partition coefficient (Wildman–Crippen LogP) is 8.34. The van der Waals surface area contributed by atoms with Gasteiger partial charge in [-0.15, -0.1) is 0 Å². The van der Waals surface area contributed by atoms with Crippen LogP contribution in [0, 0.1) is 0 Å². The Labute approximate surface area is 342 Å². The molecule has 0 spiro atoms. The number of rotatable bonds is 8. The van der Waals surface area contributed by atoms with Crippen LogP contribution >= 0.6 is 0 Å². The Morgan fingerprint density at radius 1 is 0.404 bits per heavy atom. The Kier molecular flexibility index (Phi) is 9.83. The van der Waals surface area contributed by atoms with Gasteiger partial charge in [-0.05, 0) is 74.0 Å². The summed E-state index contributed by atoms with van der Waals surface area (Å²) in [6, 6.07) is 8.54. The van der Waals surface area contributed by atoms with Crippen LogP contribution in [-0.2, 0) is 71.4 Å². The van der Waals surface area contributed by atoms with Crippen LogP contribution in [0.3, 0.4) is 0 Å². The van der Waals surface area contributed by atoms with Gasteiger partial charge in [0.2, 0.25) is 0 Å². The van der Waals surface area contributed by atoms with Crippen LogP contribution in [0.5, 0.6) is 0 Å². The van der Waals surface area contributed by atoms with Crippen LogP contribution < -0.4 is 9.97 Å². The van der Waals surface area contributed by atoms with E-state index in [9.17, 15) is 0 Å². The molecule has 287 valence electrons. The SMILES string of the molecule is CCn1ccn(C)[c+]1-c1c2nc(c(-[c+]3n(C)ccn3CC)c3ccc([n-]3)c(-[c+]3n(C)ccn3CC)c3nc(c(-[c+]4n(C)ccn4CC)c4ccc1[n-]4)C=C3)C=C2.[Mn+2]. The summed E-state index contributed by atoms with van der Waals surface area (Å²) in [5, 5.41) is 0. The first kappa shape index (κ1) is 37.9. The Balaban J connectivity index is 0.00000455. The fourth-order valence-electron chi connectivity index (χ4n) is 8.40. The average Bonchev–Trinajstić information content (AvgIpc) is 4.06. The zero-order chi connectivity index (χ0) is 38.8. The van der Waals surface area contributed by atoms with E-state index in [0.717, 1.165) is 117 Å². The zero-order valence-corrected chi connectivity index (χ0v) is 35.0. The third kappa shape index (κ3) is 6.04. The zero-order valence-electron chi connectivity index (χ0n) is 33.8. The fraction of sp³-hybridized carbons (Fsp3) is 0.273. The van der Waals surface area contributed by atoms with Crippen LogP contribution in [0.25, 0.3) is 91.9 Å². The van der Waals surface area contributed by atoms with Gasteiger partial charge in [-0.1, -0.05) is 0 Å². The summed E-state index contributed by atoms with van der Waals surface area (Å²) < 4.78 is 17.7. The standard InChI is InChI=1S/C44H48N12.Mn/c1-9-53-25-21-49(5)41(53)37-29-13-15-31(45-29)38(42-50(6)22-26-54(42)10-2)33-17-19-35(47-33)40(44-52(8)24-28-56(44)12-4)36-20-18-34(48-36)39(32-16-14-30(37)46-32)43-51(7)23-27-55(43)11-3;/h13-28H,9-12H2,1-8H3;/q2*+2. The molecule has 0 saturated carbocycles. The van der Waals surface area contributed by atoms with E-state index in [1.165, 1.54) is 0 Å². The minimum atomic E-state index is 0. The molecule has 1 radical (unpaired) electrons. The minimum Gasteiger partial charge on any atom is -0.584 e. The molecule has 2 aliphatic heterocycles. The first-order chi connectivity index (χ1) is 27.2. The summed E-state index contributed by atoms with van der Waals surface area (Å²) in [6.07, 6.45) is 25.4. The van der Waals surface area contributed by atoms with E-state index in [4.69, 9.17) is 19.9 Å². The molecule has 0 unspecified atom stereocenters. The molecule has 12 nitrogen and oxygen atoms in total. The summed E-state index contributed by atoms with van der Waals surface area (Å²) in [6.45, 7) is 11.9. The monoisotopic (exact) mass is 799 g/mol. The molecule has 0 aromatic carbocycles. The normalized spacial score (nSPS) is 12.2. The molecule has 9 heterocycles. The third-order valence-electron chi connectivity index (χ3n) is 11.2. The minimum absolute atomic E-state index is 0. The van der Waals surface area contributed by atoms with E-state index in [1.54, 1.807) is 0 Å². The van der Waals surface area contributed by atoms with Crippen LogP contribution in [0.1, 0.15) is 50.5 Å². The van der Waals surface area contributed by atoms with Crippen LogP contribution in [0.2, 0.25) is 0 Å². The molecule has 9 rings (SSSR count). The number of hydrogen-bond acceptors (Lipinski definition) is 2. The quantitative estimate of drug-likeness (QED) is 0.114. The Morgan fingerprint density at radius 2 is 0.632 bits per heavy atom. The second-order valence-electron chi connectivity index (χ2n) is 14.4. The summed E-state index contributed by atoms with van der Waals surface area (Å²) >= 11 is 0. The van der Waals surface area contributed by atoms with Gasteiger partial charge in [0.15, 0.2) is 23.3 Å². The molecular formula is C44H48MnN12+4. The van der Waals surface area contributed by atoms with Gasteiger partial charge in [0.1, 0.15) is 94.6 Å².